The summed E-state index contributed by atoms with van der Waals surface area (Å²) in [5.41, 5.74) is 6.65. The molecule has 1 aromatic heterocycles. The molecule has 0 unspecified atom stereocenters. The van der Waals surface area contributed by atoms with E-state index in [-0.39, 0.29) is 12.3 Å². The number of amides is 2. The number of nitrogens with zero attached hydrogens (tertiary/aromatic N) is 1. The first kappa shape index (κ1) is 14.5. The molecule has 0 aliphatic rings. The summed E-state index contributed by atoms with van der Waals surface area (Å²) < 4.78 is 1.71. The fourth-order valence-electron chi connectivity index (χ4n) is 1.90. The summed E-state index contributed by atoms with van der Waals surface area (Å²) in [6.07, 6.45) is 2.74. The van der Waals surface area contributed by atoms with Crippen LogP contribution in [0.25, 0.3) is 0 Å². The molecule has 2 aromatic rings. The summed E-state index contributed by atoms with van der Waals surface area (Å²) in [6, 6.07) is 9.77. The monoisotopic (exact) mass is 285 g/mol. The van der Waals surface area contributed by atoms with Crippen molar-refractivity contribution < 1.29 is 14.4 Å². The molecule has 0 saturated heterocycles. The minimum atomic E-state index is -0.512. The zero-order chi connectivity index (χ0) is 15.2. The topological polar surface area (TPSA) is 94.2 Å². The van der Waals surface area contributed by atoms with Gasteiger partial charge in [0.05, 0.1) is 5.69 Å². The third-order valence-corrected chi connectivity index (χ3v) is 3.02. The largest absolute Gasteiger partial charge is 0.366 e. The number of anilines is 1. The highest BCUT2D eigenvalue weighted by molar-refractivity contribution is 5.94. The number of aldehydes is 1. The molecule has 3 N–H and O–H groups in total. The van der Waals surface area contributed by atoms with Gasteiger partial charge in [0, 0.05) is 30.4 Å². The zero-order valence-electron chi connectivity index (χ0n) is 11.3. The fraction of sp³-hybridized carbons (Fsp3) is 0.133. The lowest BCUT2D eigenvalue weighted by Gasteiger charge is -2.07. The molecule has 0 aliphatic carbocycles. The number of aryl methyl sites for hydroxylation is 1. The molecule has 0 fully saturated rings. The van der Waals surface area contributed by atoms with Crippen LogP contribution < -0.4 is 11.1 Å². The van der Waals surface area contributed by atoms with Crippen molar-refractivity contribution in [3.8, 4) is 0 Å². The smallest absolute Gasteiger partial charge is 0.248 e. The van der Waals surface area contributed by atoms with Crippen molar-refractivity contribution in [2.75, 3.05) is 5.32 Å². The van der Waals surface area contributed by atoms with Crippen LogP contribution in [0.5, 0.6) is 0 Å². The van der Waals surface area contributed by atoms with E-state index in [9.17, 15) is 14.4 Å². The Morgan fingerprint density at radius 3 is 2.52 bits per heavy atom. The average molecular weight is 285 g/mol. The van der Waals surface area contributed by atoms with Crippen LogP contribution in [0, 0.1) is 0 Å². The standard InChI is InChI=1S/C15H15N3O3/c16-15(21)11-3-5-12(6-4-11)17-14(20)7-9-18-8-1-2-13(18)10-19/h1-6,8,10H,7,9H2,(H2,16,21)(H,17,20). The number of nitrogens with two attached hydrogens (primary N) is 1. The van der Waals surface area contributed by atoms with Crippen LogP contribution in [0.1, 0.15) is 27.3 Å². The van der Waals surface area contributed by atoms with E-state index in [1.54, 1.807) is 47.2 Å². The van der Waals surface area contributed by atoms with Crippen LogP contribution in [-0.4, -0.2) is 22.7 Å². The first-order chi connectivity index (χ1) is 10.1. The summed E-state index contributed by atoms with van der Waals surface area (Å²) in [6.45, 7) is 0.423. The molecule has 0 spiro atoms. The Labute approximate surface area is 121 Å². The molecule has 1 aromatic carbocycles. The second-order valence-corrected chi connectivity index (χ2v) is 4.48. The van der Waals surface area contributed by atoms with Crippen molar-refractivity contribution in [2.45, 2.75) is 13.0 Å². The maximum Gasteiger partial charge on any atom is 0.248 e. The summed E-state index contributed by atoms with van der Waals surface area (Å²) in [7, 11) is 0. The van der Waals surface area contributed by atoms with E-state index in [0.717, 1.165) is 6.29 Å². The third kappa shape index (κ3) is 3.79. The predicted molar refractivity (Wildman–Crippen MR) is 78.0 cm³/mol. The molecule has 0 radical (unpaired) electrons. The van der Waals surface area contributed by atoms with E-state index < -0.39 is 5.91 Å². The first-order valence-electron chi connectivity index (χ1n) is 6.40. The van der Waals surface area contributed by atoms with Crippen molar-refractivity contribution in [1.82, 2.24) is 4.57 Å². The summed E-state index contributed by atoms with van der Waals surface area (Å²) in [4.78, 5) is 33.5. The highest BCUT2D eigenvalue weighted by Crippen LogP contribution is 2.10. The Morgan fingerprint density at radius 2 is 1.90 bits per heavy atom. The molecule has 108 valence electrons. The number of hydrogen-bond donors (Lipinski definition) is 2. The zero-order valence-corrected chi connectivity index (χ0v) is 11.3. The van der Waals surface area contributed by atoms with E-state index in [0.29, 0.717) is 23.5 Å². The first-order valence-corrected chi connectivity index (χ1v) is 6.40. The lowest BCUT2D eigenvalue weighted by molar-refractivity contribution is -0.116. The molecule has 0 bridgehead atoms. The van der Waals surface area contributed by atoms with E-state index in [4.69, 9.17) is 5.73 Å². The van der Waals surface area contributed by atoms with Crippen LogP contribution in [0.2, 0.25) is 0 Å². The number of nitrogens with one attached hydrogen (secondary N) is 1. The van der Waals surface area contributed by atoms with Gasteiger partial charge in [-0.2, -0.15) is 0 Å². The average Bonchev–Trinajstić information content (AvgIpc) is 2.93. The summed E-state index contributed by atoms with van der Waals surface area (Å²) >= 11 is 0. The number of hydrogen-bond acceptors (Lipinski definition) is 3. The van der Waals surface area contributed by atoms with Crippen molar-refractivity contribution in [2.24, 2.45) is 5.73 Å². The highest BCUT2D eigenvalue weighted by Gasteiger charge is 2.06. The van der Waals surface area contributed by atoms with Gasteiger partial charge in [-0.05, 0) is 36.4 Å². The fourth-order valence-corrected chi connectivity index (χ4v) is 1.90. The van der Waals surface area contributed by atoms with E-state index in [2.05, 4.69) is 5.32 Å². The van der Waals surface area contributed by atoms with Crippen LogP contribution in [-0.2, 0) is 11.3 Å². The van der Waals surface area contributed by atoms with Gasteiger partial charge in [0.25, 0.3) is 0 Å². The second-order valence-electron chi connectivity index (χ2n) is 4.48. The molecule has 21 heavy (non-hydrogen) atoms. The van der Waals surface area contributed by atoms with E-state index >= 15 is 0 Å². The molecule has 6 nitrogen and oxygen atoms in total. The van der Waals surface area contributed by atoms with Crippen LogP contribution in [0.15, 0.2) is 42.6 Å². The molecule has 0 aliphatic heterocycles. The highest BCUT2D eigenvalue weighted by atomic mass is 16.2. The molecule has 6 heteroatoms. The molecule has 2 amide bonds. The maximum atomic E-state index is 11.8. The summed E-state index contributed by atoms with van der Waals surface area (Å²) in [5, 5.41) is 2.72. The molecule has 0 atom stereocenters. The SMILES string of the molecule is NC(=O)c1ccc(NC(=O)CCn2cccc2C=O)cc1. The van der Waals surface area contributed by atoms with Gasteiger partial charge in [0.2, 0.25) is 11.8 Å². The molecule has 0 saturated carbocycles. The molecular formula is C15H15N3O3. The van der Waals surface area contributed by atoms with Crippen molar-refractivity contribution in [3.63, 3.8) is 0 Å². The molecule has 1 heterocycles. The van der Waals surface area contributed by atoms with Gasteiger partial charge in [0.1, 0.15) is 0 Å². The van der Waals surface area contributed by atoms with Gasteiger partial charge < -0.3 is 15.6 Å². The van der Waals surface area contributed by atoms with Gasteiger partial charge in [-0.15, -0.1) is 0 Å². The lowest BCUT2D eigenvalue weighted by atomic mass is 10.2. The van der Waals surface area contributed by atoms with Crippen molar-refractivity contribution >= 4 is 23.8 Å². The van der Waals surface area contributed by atoms with Gasteiger partial charge >= 0.3 is 0 Å². The molecule has 2 rings (SSSR count). The van der Waals surface area contributed by atoms with Crippen LogP contribution in [0.3, 0.4) is 0 Å². The van der Waals surface area contributed by atoms with Crippen LogP contribution >= 0.6 is 0 Å². The maximum absolute atomic E-state index is 11.8. The minimum absolute atomic E-state index is 0.174. The Bertz CT molecular complexity index is 659. The van der Waals surface area contributed by atoms with E-state index in [1.165, 1.54) is 0 Å². The van der Waals surface area contributed by atoms with Gasteiger partial charge in [-0.25, -0.2) is 0 Å². The number of carbonyl (C=O) groups is 3. The Kier molecular flexibility index (Phi) is 4.50. The van der Waals surface area contributed by atoms with Crippen LogP contribution in [0.4, 0.5) is 5.69 Å². The molecular weight excluding hydrogens is 270 g/mol. The lowest BCUT2D eigenvalue weighted by Crippen LogP contribution is -2.15. The third-order valence-electron chi connectivity index (χ3n) is 3.02. The Balaban J connectivity index is 1.89. The minimum Gasteiger partial charge on any atom is -0.366 e. The van der Waals surface area contributed by atoms with Crippen molar-refractivity contribution in [1.29, 1.82) is 0 Å². The Hall–Kier alpha value is -2.89. The van der Waals surface area contributed by atoms with Gasteiger partial charge in [-0.1, -0.05) is 0 Å². The van der Waals surface area contributed by atoms with Gasteiger partial charge in [0.15, 0.2) is 6.29 Å². The number of primary amides is 1. The predicted octanol–water partition coefficient (Wildman–Crippen LogP) is 1.43. The quantitative estimate of drug-likeness (QED) is 0.786. The number of benzene rings is 1. The van der Waals surface area contributed by atoms with Gasteiger partial charge in [-0.3, -0.25) is 14.4 Å². The van der Waals surface area contributed by atoms with Crippen molar-refractivity contribution in [3.05, 3.63) is 53.9 Å². The number of aromatic nitrogens is 1. The Morgan fingerprint density at radius 1 is 1.19 bits per heavy atom. The second kappa shape index (κ2) is 6.51. The number of rotatable bonds is 6. The normalized spacial score (nSPS) is 10.1. The van der Waals surface area contributed by atoms with E-state index in [1.807, 2.05) is 0 Å². The number of carbonyl (C=O) groups excluding carboxylic acids is 3. The summed E-state index contributed by atoms with van der Waals surface area (Å²) in [5.74, 6) is -0.686.